The van der Waals surface area contributed by atoms with Crippen LogP contribution in [0.15, 0.2) is 18.2 Å². The van der Waals surface area contributed by atoms with Crippen LogP contribution in [-0.2, 0) is 4.74 Å². The summed E-state index contributed by atoms with van der Waals surface area (Å²) in [4.78, 5) is 0. The summed E-state index contributed by atoms with van der Waals surface area (Å²) >= 11 is 2.26. The molecule has 0 aliphatic rings. The standard InChI is InChI=1S/C12H14IN2OP/c1-16-7-3-2-4-10-5-6-12(15-17-13)11(8-10)9-14/h5-6,8-9,14-15,17H,3,7H2,1H3. The molecule has 2 N–H and O–H groups in total. The first kappa shape index (κ1) is 14.4. The van der Waals surface area contributed by atoms with Gasteiger partial charge < -0.3 is 15.2 Å². The van der Waals surface area contributed by atoms with Crippen LogP contribution in [0, 0.1) is 17.3 Å². The van der Waals surface area contributed by atoms with Gasteiger partial charge in [-0.25, -0.2) is 0 Å². The molecular weight excluding hydrogens is 346 g/mol. The van der Waals surface area contributed by atoms with E-state index in [0.29, 0.717) is 13.0 Å². The van der Waals surface area contributed by atoms with Crippen LogP contribution >= 0.6 is 28.4 Å². The summed E-state index contributed by atoms with van der Waals surface area (Å²) in [6.07, 6.45) is 2.67. The molecule has 0 heterocycles. The molecule has 0 aliphatic carbocycles. The van der Waals surface area contributed by atoms with Crippen LogP contribution in [0.2, 0.25) is 0 Å². The van der Waals surface area contributed by atoms with Gasteiger partial charge in [-0.2, -0.15) is 0 Å². The van der Waals surface area contributed by atoms with Crippen molar-refractivity contribution >= 4 is 40.3 Å². The molecular formula is C12H14IN2OP. The first-order chi connectivity index (χ1) is 8.31. The van der Waals surface area contributed by atoms with Crippen LogP contribution in [0.25, 0.3) is 0 Å². The zero-order valence-electron chi connectivity index (χ0n) is 9.51. The van der Waals surface area contributed by atoms with E-state index in [-0.39, 0.29) is 0 Å². The van der Waals surface area contributed by atoms with E-state index in [2.05, 4.69) is 39.0 Å². The van der Waals surface area contributed by atoms with Crippen molar-refractivity contribution in [1.29, 1.82) is 5.41 Å². The van der Waals surface area contributed by atoms with Gasteiger partial charge in [0.1, 0.15) is 0 Å². The lowest BCUT2D eigenvalue weighted by molar-refractivity contribution is 0.206. The predicted octanol–water partition coefficient (Wildman–Crippen LogP) is 3.43. The number of halogens is 1. The molecule has 17 heavy (non-hydrogen) atoms. The fourth-order valence-corrected chi connectivity index (χ4v) is 2.44. The second kappa shape index (κ2) is 8.46. The van der Waals surface area contributed by atoms with Crippen molar-refractivity contribution in [3.63, 3.8) is 0 Å². The maximum atomic E-state index is 7.37. The average molecular weight is 360 g/mol. The molecule has 1 unspecified atom stereocenters. The lowest BCUT2D eigenvalue weighted by Gasteiger charge is -2.06. The van der Waals surface area contributed by atoms with Crippen LogP contribution in [0.3, 0.4) is 0 Å². The number of nitrogens with one attached hydrogen (secondary N) is 2. The van der Waals surface area contributed by atoms with Gasteiger partial charge in [0.15, 0.2) is 0 Å². The van der Waals surface area contributed by atoms with Gasteiger partial charge in [-0.1, -0.05) is 11.8 Å². The fraction of sp³-hybridized carbons (Fsp3) is 0.250. The summed E-state index contributed by atoms with van der Waals surface area (Å²) in [7, 11) is 1.67. The van der Waals surface area contributed by atoms with Gasteiger partial charge in [-0.15, -0.1) is 0 Å². The number of hydrogen-bond acceptors (Lipinski definition) is 3. The highest BCUT2D eigenvalue weighted by Crippen LogP contribution is 2.26. The quantitative estimate of drug-likeness (QED) is 0.278. The van der Waals surface area contributed by atoms with Crippen molar-refractivity contribution in [1.82, 2.24) is 0 Å². The summed E-state index contributed by atoms with van der Waals surface area (Å²) in [5, 5.41) is 10.6. The minimum Gasteiger partial charge on any atom is -0.384 e. The van der Waals surface area contributed by atoms with Crippen LogP contribution in [0.4, 0.5) is 5.69 Å². The second-order valence-electron chi connectivity index (χ2n) is 3.21. The van der Waals surface area contributed by atoms with Gasteiger partial charge in [0.2, 0.25) is 0 Å². The van der Waals surface area contributed by atoms with Crippen LogP contribution in [0.1, 0.15) is 17.5 Å². The minimum atomic E-state index is 0.596. The molecule has 1 rings (SSSR count). The Kier molecular flexibility index (Phi) is 7.18. The molecule has 0 amide bonds. The van der Waals surface area contributed by atoms with Crippen molar-refractivity contribution in [2.24, 2.45) is 0 Å². The predicted molar refractivity (Wildman–Crippen MR) is 83.7 cm³/mol. The first-order valence-corrected chi connectivity index (χ1v) is 9.17. The van der Waals surface area contributed by atoms with Crippen LogP contribution in [-0.4, -0.2) is 19.9 Å². The highest BCUT2D eigenvalue weighted by atomic mass is 127. The minimum absolute atomic E-state index is 0.596. The monoisotopic (exact) mass is 360 g/mol. The third-order valence-electron chi connectivity index (χ3n) is 2.05. The molecule has 0 bridgehead atoms. The Bertz CT molecular complexity index is 440. The van der Waals surface area contributed by atoms with Gasteiger partial charge in [0.05, 0.1) is 6.61 Å². The molecule has 1 aromatic carbocycles. The lowest BCUT2D eigenvalue weighted by atomic mass is 10.1. The van der Waals surface area contributed by atoms with Crippen molar-refractivity contribution in [2.45, 2.75) is 6.42 Å². The summed E-state index contributed by atoms with van der Waals surface area (Å²) in [6, 6.07) is 5.85. The Morgan fingerprint density at radius 1 is 1.59 bits per heavy atom. The van der Waals surface area contributed by atoms with Crippen molar-refractivity contribution in [3.05, 3.63) is 29.3 Å². The molecule has 0 radical (unpaired) electrons. The summed E-state index contributed by atoms with van der Waals surface area (Å²) in [5.41, 5.74) is 2.78. The third kappa shape index (κ3) is 5.03. The SMILES string of the molecule is COCCC#Cc1ccc(NPI)c(C=N)c1. The molecule has 0 fully saturated rings. The van der Waals surface area contributed by atoms with E-state index >= 15 is 0 Å². The van der Waals surface area contributed by atoms with Gasteiger partial charge >= 0.3 is 0 Å². The first-order valence-electron chi connectivity index (χ1n) is 5.05. The largest absolute Gasteiger partial charge is 0.384 e. The molecule has 0 saturated carbocycles. The number of benzene rings is 1. The van der Waals surface area contributed by atoms with E-state index in [1.807, 2.05) is 18.2 Å². The molecule has 1 atom stereocenters. The van der Waals surface area contributed by atoms with Crippen LogP contribution in [0.5, 0.6) is 0 Å². The molecule has 1 aromatic rings. The highest BCUT2D eigenvalue weighted by Gasteiger charge is 1.99. The molecule has 5 heteroatoms. The van der Waals surface area contributed by atoms with Crippen molar-refractivity contribution in [3.8, 4) is 11.8 Å². The maximum absolute atomic E-state index is 7.37. The van der Waals surface area contributed by atoms with Crippen molar-refractivity contribution < 1.29 is 4.74 Å². The number of methoxy groups -OCH3 is 1. The summed E-state index contributed by atoms with van der Waals surface area (Å²) < 4.78 is 4.93. The van der Waals surface area contributed by atoms with E-state index in [4.69, 9.17) is 10.1 Å². The van der Waals surface area contributed by atoms with E-state index in [1.54, 1.807) is 7.11 Å². The fourth-order valence-electron chi connectivity index (χ4n) is 1.24. The lowest BCUT2D eigenvalue weighted by Crippen LogP contribution is -1.91. The number of ether oxygens (including phenoxy) is 1. The zero-order valence-corrected chi connectivity index (χ0v) is 12.7. The van der Waals surface area contributed by atoms with E-state index in [1.165, 1.54) is 6.21 Å². The Balaban J connectivity index is 2.80. The van der Waals surface area contributed by atoms with Gasteiger partial charge in [0.25, 0.3) is 0 Å². The normalized spacial score (nSPS) is 10.0. The molecule has 90 valence electrons. The number of hydrogen-bond donors (Lipinski definition) is 2. The average Bonchev–Trinajstić information content (AvgIpc) is 2.36. The van der Waals surface area contributed by atoms with Crippen molar-refractivity contribution in [2.75, 3.05) is 18.8 Å². The number of anilines is 1. The van der Waals surface area contributed by atoms with Gasteiger partial charge in [-0.3, -0.25) is 0 Å². The van der Waals surface area contributed by atoms with E-state index in [0.717, 1.165) is 23.2 Å². The summed E-state index contributed by atoms with van der Waals surface area (Å²) in [5.74, 6) is 6.10. The molecule has 0 aliphatic heterocycles. The number of rotatable bonds is 5. The molecule has 0 spiro atoms. The topological polar surface area (TPSA) is 45.1 Å². The summed E-state index contributed by atoms with van der Waals surface area (Å²) in [6.45, 7) is 0.653. The van der Waals surface area contributed by atoms with E-state index < -0.39 is 0 Å². The Morgan fingerprint density at radius 3 is 3.06 bits per heavy atom. The molecule has 3 nitrogen and oxygen atoms in total. The smallest absolute Gasteiger partial charge is 0.0571 e. The molecule has 0 saturated heterocycles. The zero-order chi connectivity index (χ0) is 12.5. The maximum Gasteiger partial charge on any atom is 0.0571 e. The highest BCUT2D eigenvalue weighted by molar-refractivity contribution is 14.2. The van der Waals surface area contributed by atoms with Crippen LogP contribution < -0.4 is 5.09 Å². The molecule has 0 aromatic heterocycles. The van der Waals surface area contributed by atoms with E-state index in [9.17, 15) is 0 Å². The Labute approximate surface area is 117 Å². The Morgan fingerprint density at radius 2 is 2.41 bits per heavy atom. The van der Waals surface area contributed by atoms with Gasteiger partial charge in [-0.05, 0) is 40.2 Å². The van der Waals surface area contributed by atoms with Gasteiger partial charge in [0, 0.05) is 42.9 Å². The Hall–Kier alpha value is -0.630. The second-order valence-corrected chi connectivity index (χ2v) is 5.27. The third-order valence-corrected chi connectivity index (χ3v) is 3.23.